The van der Waals surface area contributed by atoms with Crippen molar-refractivity contribution in [3.05, 3.63) is 89.1 Å². The molecule has 1 heterocycles. The number of hydrogen-bond donors (Lipinski definition) is 1. The van der Waals surface area contributed by atoms with E-state index in [1.807, 2.05) is 0 Å². The maximum absolute atomic E-state index is 13.8. The standard InChI is InChI=1S/C24H27FN2O2/c1-17-9-11-18(12-10-17)15-27(24(2,3)4)16-19-13-14-22(29-19)23(28)26-21-8-6-5-7-20(21)25/h5-14H,15-16H2,1-4H3,(H,26,28). The Labute approximate surface area is 171 Å². The number of hydrogen-bond acceptors (Lipinski definition) is 3. The highest BCUT2D eigenvalue weighted by Gasteiger charge is 2.23. The maximum Gasteiger partial charge on any atom is 0.291 e. The number of nitrogens with one attached hydrogen (secondary N) is 1. The topological polar surface area (TPSA) is 45.5 Å². The summed E-state index contributed by atoms with van der Waals surface area (Å²) >= 11 is 0. The van der Waals surface area contributed by atoms with Crippen molar-refractivity contribution in [3.63, 3.8) is 0 Å². The molecule has 0 atom stereocenters. The van der Waals surface area contributed by atoms with Gasteiger partial charge in [0.2, 0.25) is 0 Å². The summed E-state index contributed by atoms with van der Waals surface area (Å²) in [6.45, 7) is 9.84. The lowest BCUT2D eigenvalue weighted by molar-refractivity contribution is 0.0968. The fraction of sp³-hybridized carbons (Fsp3) is 0.292. The molecule has 5 heteroatoms. The van der Waals surface area contributed by atoms with E-state index in [9.17, 15) is 9.18 Å². The lowest BCUT2D eigenvalue weighted by atomic mass is 10.0. The van der Waals surface area contributed by atoms with Gasteiger partial charge in [0.1, 0.15) is 11.6 Å². The van der Waals surface area contributed by atoms with Crippen molar-refractivity contribution >= 4 is 11.6 Å². The Morgan fingerprint density at radius 2 is 1.69 bits per heavy atom. The molecule has 0 radical (unpaired) electrons. The van der Waals surface area contributed by atoms with Gasteiger partial charge >= 0.3 is 0 Å². The van der Waals surface area contributed by atoms with Gasteiger partial charge in [0.05, 0.1) is 12.2 Å². The lowest BCUT2D eigenvalue weighted by Crippen LogP contribution is -2.40. The number of benzene rings is 2. The summed E-state index contributed by atoms with van der Waals surface area (Å²) in [4.78, 5) is 14.7. The van der Waals surface area contributed by atoms with Crippen molar-refractivity contribution in [3.8, 4) is 0 Å². The Bertz CT molecular complexity index is 971. The summed E-state index contributed by atoms with van der Waals surface area (Å²) in [7, 11) is 0. The monoisotopic (exact) mass is 394 g/mol. The van der Waals surface area contributed by atoms with E-state index in [0.29, 0.717) is 12.3 Å². The van der Waals surface area contributed by atoms with E-state index >= 15 is 0 Å². The number of carbonyl (C=O) groups excluding carboxylic acids is 1. The first-order chi connectivity index (χ1) is 13.7. The van der Waals surface area contributed by atoms with Crippen LogP contribution in [0.5, 0.6) is 0 Å². The molecule has 0 aliphatic heterocycles. The SMILES string of the molecule is Cc1ccc(CN(Cc2ccc(C(=O)Nc3ccccc3F)o2)C(C)(C)C)cc1. The van der Waals surface area contributed by atoms with Gasteiger partial charge < -0.3 is 9.73 Å². The fourth-order valence-electron chi connectivity index (χ4n) is 2.96. The Morgan fingerprint density at radius 3 is 2.34 bits per heavy atom. The fourth-order valence-corrected chi connectivity index (χ4v) is 2.96. The number of nitrogens with zero attached hydrogens (tertiary/aromatic N) is 1. The second-order valence-corrected chi connectivity index (χ2v) is 8.21. The van der Waals surface area contributed by atoms with Crippen LogP contribution in [0.15, 0.2) is 65.1 Å². The normalized spacial score (nSPS) is 11.7. The van der Waals surface area contributed by atoms with Crippen LogP contribution in [-0.2, 0) is 13.1 Å². The van der Waals surface area contributed by atoms with Gasteiger partial charge in [0.25, 0.3) is 5.91 Å². The molecule has 0 bridgehead atoms. The molecular formula is C24H27FN2O2. The number of para-hydroxylation sites is 1. The zero-order valence-electron chi connectivity index (χ0n) is 17.3. The van der Waals surface area contributed by atoms with Gasteiger partial charge in [-0.05, 0) is 57.5 Å². The van der Waals surface area contributed by atoms with E-state index in [4.69, 9.17) is 4.42 Å². The average molecular weight is 394 g/mol. The Hall–Kier alpha value is -2.92. The molecule has 0 unspecified atom stereocenters. The number of carbonyl (C=O) groups is 1. The van der Waals surface area contributed by atoms with Crippen molar-refractivity contribution in [2.24, 2.45) is 0 Å². The third kappa shape index (κ3) is 5.55. The molecule has 1 amide bonds. The minimum Gasteiger partial charge on any atom is -0.455 e. The van der Waals surface area contributed by atoms with E-state index in [0.717, 1.165) is 6.54 Å². The van der Waals surface area contributed by atoms with Crippen LogP contribution >= 0.6 is 0 Å². The van der Waals surface area contributed by atoms with Gasteiger partial charge in [-0.25, -0.2) is 4.39 Å². The number of halogens is 1. The van der Waals surface area contributed by atoms with E-state index in [2.05, 4.69) is 62.2 Å². The molecule has 3 aromatic rings. The molecule has 1 N–H and O–H groups in total. The molecule has 4 nitrogen and oxygen atoms in total. The van der Waals surface area contributed by atoms with Gasteiger partial charge in [0, 0.05) is 12.1 Å². The summed E-state index contributed by atoms with van der Waals surface area (Å²) in [5.41, 5.74) is 2.49. The third-order valence-corrected chi connectivity index (χ3v) is 4.80. The first-order valence-electron chi connectivity index (χ1n) is 9.67. The zero-order chi connectivity index (χ0) is 21.0. The summed E-state index contributed by atoms with van der Waals surface area (Å²) < 4.78 is 19.5. The van der Waals surface area contributed by atoms with E-state index in [-0.39, 0.29) is 17.0 Å². The number of furan rings is 1. The molecule has 152 valence electrons. The van der Waals surface area contributed by atoms with Gasteiger partial charge in [-0.2, -0.15) is 0 Å². The molecule has 2 aromatic carbocycles. The Kier molecular flexibility index (Phi) is 6.18. The van der Waals surface area contributed by atoms with Crippen molar-refractivity contribution in [1.82, 2.24) is 4.90 Å². The largest absolute Gasteiger partial charge is 0.455 e. The highest BCUT2D eigenvalue weighted by molar-refractivity contribution is 6.02. The second kappa shape index (κ2) is 8.62. The molecule has 3 rings (SSSR count). The molecule has 0 fully saturated rings. The minimum absolute atomic E-state index is 0.0900. The van der Waals surface area contributed by atoms with Gasteiger partial charge in [-0.3, -0.25) is 9.69 Å². The van der Waals surface area contributed by atoms with Crippen molar-refractivity contribution in [2.75, 3.05) is 5.32 Å². The summed E-state index contributed by atoms with van der Waals surface area (Å²) in [6.07, 6.45) is 0. The van der Waals surface area contributed by atoms with Crippen molar-refractivity contribution < 1.29 is 13.6 Å². The number of aryl methyl sites for hydroxylation is 1. The van der Waals surface area contributed by atoms with Crippen LogP contribution in [0.4, 0.5) is 10.1 Å². The minimum atomic E-state index is -0.482. The average Bonchev–Trinajstić information content (AvgIpc) is 3.13. The van der Waals surface area contributed by atoms with Crippen LogP contribution in [0.3, 0.4) is 0 Å². The van der Waals surface area contributed by atoms with Crippen LogP contribution in [0, 0.1) is 12.7 Å². The summed E-state index contributed by atoms with van der Waals surface area (Å²) in [5.74, 6) is -0.106. The molecule has 1 aromatic heterocycles. The molecule has 0 saturated carbocycles. The first kappa shape index (κ1) is 20.8. The molecule has 0 saturated heterocycles. The highest BCUT2D eigenvalue weighted by atomic mass is 19.1. The summed E-state index contributed by atoms with van der Waals surface area (Å²) in [5, 5.41) is 2.55. The van der Waals surface area contributed by atoms with Gasteiger partial charge in [0.15, 0.2) is 5.76 Å². The summed E-state index contributed by atoms with van der Waals surface area (Å²) in [6, 6.07) is 17.9. The van der Waals surface area contributed by atoms with E-state index in [1.165, 1.54) is 23.3 Å². The van der Waals surface area contributed by atoms with Crippen LogP contribution in [0.25, 0.3) is 0 Å². The Balaban J connectivity index is 1.71. The number of anilines is 1. The van der Waals surface area contributed by atoms with Crippen molar-refractivity contribution in [2.45, 2.75) is 46.3 Å². The predicted molar refractivity (Wildman–Crippen MR) is 113 cm³/mol. The maximum atomic E-state index is 13.8. The molecule has 0 aliphatic carbocycles. The van der Waals surface area contributed by atoms with Crippen LogP contribution in [0.1, 0.15) is 48.2 Å². The van der Waals surface area contributed by atoms with Gasteiger partial charge in [-0.1, -0.05) is 42.0 Å². The van der Waals surface area contributed by atoms with Crippen LogP contribution < -0.4 is 5.32 Å². The first-order valence-corrected chi connectivity index (χ1v) is 9.67. The lowest BCUT2D eigenvalue weighted by Gasteiger charge is -2.35. The van der Waals surface area contributed by atoms with Crippen molar-refractivity contribution in [1.29, 1.82) is 0 Å². The van der Waals surface area contributed by atoms with Gasteiger partial charge in [-0.15, -0.1) is 0 Å². The zero-order valence-corrected chi connectivity index (χ0v) is 17.3. The Morgan fingerprint density at radius 1 is 1.00 bits per heavy atom. The molecule has 29 heavy (non-hydrogen) atoms. The number of amides is 1. The molecule has 0 spiro atoms. The molecule has 0 aliphatic rings. The van der Waals surface area contributed by atoms with Crippen LogP contribution in [-0.4, -0.2) is 16.3 Å². The quantitative estimate of drug-likeness (QED) is 0.576. The van der Waals surface area contributed by atoms with E-state index in [1.54, 1.807) is 24.3 Å². The highest BCUT2D eigenvalue weighted by Crippen LogP contribution is 2.22. The number of rotatable bonds is 6. The van der Waals surface area contributed by atoms with Crippen LogP contribution in [0.2, 0.25) is 0 Å². The van der Waals surface area contributed by atoms with E-state index < -0.39 is 11.7 Å². The predicted octanol–water partition coefficient (Wildman–Crippen LogP) is 5.78. The molecular weight excluding hydrogens is 367 g/mol. The second-order valence-electron chi connectivity index (χ2n) is 8.21. The smallest absolute Gasteiger partial charge is 0.291 e. The third-order valence-electron chi connectivity index (χ3n) is 4.80.